The van der Waals surface area contributed by atoms with Crippen molar-refractivity contribution in [3.63, 3.8) is 0 Å². The van der Waals surface area contributed by atoms with Gasteiger partial charge in [-0.3, -0.25) is 0 Å². The monoisotopic (exact) mass is 210 g/mol. The van der Waals surface area contributed by atoms with Gasteiger partial charge in [-0.2, -0.15) is 0 Å². The van der Waals surface area contributed by atoms with Gasteiger partial charge >= 0.3 is 0 Å². The minimum absolute atomic E-state index is 0.654. The van der Waals surface area contributed by atoms with Gasteiger partial charge in [0, 0.05) is 19.1 Å². The summed E-state index contributed by atoms with van der Waals surface area (Å²) in [5.41, 5.74) is 0.654. The van der Waals surface area contributed by atoms with E-state index in [2.05, 4.69) is 24.2 Å². The van der Waals surface area contributed by atoms with E-state index in [9.17, 15) is 0 Å². The zero-order valence-electron chi connectivity index (χ0n) is 10.4. The SMILES string of the molecule is CCC1(CNC2CCN(C)C2)CCCC1. The second kappa shape index (κ2) is 4.84. The standard InChI is InChI=1S/C13H26N2/c1-3-13(7-4-5-8-13)11-14-12-6-9-15(2)10-12/h12,14H,3-11H2,1-2H3. The Labute approximate surface area is 94.4 Å². The Morgan fingerprint density at radius 1 is 1.33 bits per heavy atom. The number of hydrogen-bond acceptors (Lipinski definition) is 2. The highest BCUT2D eigenvalue weighted by Crippen LogP contribution is 2.40. The average molecular weight is 210 g/mol. The highest BCUT2D eigenvalue weighted by Gasteiger charge is 2.32. The lowest BCUT2D eigenvalue weighted by Crippen LogP contribution is -2.39. The molecule has 1 N–H and O–H groups in total. The third kappa shape index (κ3) is 2.73. The van der Waals surface area contributed by atoms with Crippen LogP contribution in [0.5, 0.6) is 0 Å². The Bertz CT molecular complexity index is 197. The van der Waals surface area contributed by atoms with Crippen LogP contribution >= 0.6 is 0 Å². The predicted molar refractivity (Wildman–Crippen MR) is 65.1 cm³/mol. The summed E-state index contributed by atoms with van der Waals surface area (Å²) in [5, 5.41) is 3.80. The Morgan fingerprint density at radius 3 is 2.60 bits per heavy atom. The summed E-state index contributed by atoms with van der Waals surface area (Å²) in [6, 6.07) is 0.763. The minimum Gasteiger partial charge on any atom is -0.312 e. The van der Waals surface area contributed by atoms with Crippen LogP contribution in [0.15, 0.2) is 0 Å². The summed E-state index contributed by atoms with van der Waals surface area (Å²) < 4.78 is 0. The van der Waals surface area contributed by atoms with Crippen molar-refractivity contribution in [2.45, 2.75) is 51.5 Å². The molecule has 88 valence electrons. The molecule has 2 fully saturated rings. The Hall–Kier alpha value is -0.0800. The quantitative estimate of drug-likeness (QED) is 0.765. The van der Waals surface area contributed by atoms with Gasteiger partial charge in [0.15, 0.2) is 0 Å². The van der Waals surface area contributed by atoms with Gasteiger partial charge in [-0.25, -0.2) is 0 Å². The highest BCUT2D eigenvalue weighted by atomic mass is 15.2. The maximum absolute atomic E-state index is 3.80. The van der Waals surface area contributed by atoms with Crippen LogP contribution < -0.4 is 5.32 Å². The maximum Gasteiger partial charge on any atom is 0.0207 e. The fourth-order valence-electron chi connectivity index (χ4n) is 3.24. The first-order chi connectivity index (χ1) is 7.24. The van der Waals surface area contributed by atoms with Crippen LogP contribution in [-0.4, -0.2) is 37.6 Å². The van der Waals surface area contributed by atoms with Gasteiger partial charge < -0.3 is 10.2 Å². The molecule has 1 aliphatic carbocycles. The van der Waals surface area contributed by atoms with Crippen molar-refractivity contribution >= 4 is 0 Å². The summed E-state index contributed by atoms with van der Waals surface area (Å²) >= 11 is 0. The predicted octanol–water partition coefficient (Wildman–Crippen LogP) is 2.25. The first-order valence-electron chi connectivity index (χ1n) is 6.66. The average Bonchev–Trinajstić information content (AvgIpc) is 2.85. The smallest absolute Gasteiger partial charge is 0.0207 e. The van der Waals surface area contributed by atoms with E-state index in [0.29, 0.717) is 5.41 Å². The number of likely N-dealkylation sites (N-methyl/N-ethyl adjacent to an activating group) is 1. The van der Waals surface area contributed by atoms with E-state index in [4.69, 9.17) is 0 Å². The molecule has 2 aliphatic rings. The number of nitrogens with one attached hydrogen (secondary N) is 1. The molecule has 0 aromatic carbocycles. The van der Waals surface area contributed by atoms with E-state index in [-0.39, 0.29) is 0 Å². The fraction of sp³-hybridized carbons (Fsp3) is 1.00. The van der Waals surface area contributed by atoms with E-state index in [1.165, 1.54) is 58.2 Å². The Kier molecular flexibility index (Phi) is 3.68. The van der Waals surface area contributed by atoms with Gasteiger partial charge in [-0.05, 0) is 44.7 Å². The van der Waals surface area contributed by atoms with E-state index in [1.54, 1.807) is 0 Å². The van der Waals surface area contributed by atoms with Crippen LogP contribution in [0.3, 0.4) is 0 Å². The van der Waals surface area contributed by atoms with Crippen molar-refractivity contribution < 1.29 is 0 Å². The molecule has 1 aliphatic heterocycles. The molecule has 0 aromatic heterocycles. The molecule has 0 radical (unpaired) electrons. The molecule has 0 bridgehead atoms. The van der Waals surface area contributed by atoms with Gasteiger partial charge in [0.2, 0.25) is 0 Å². The summed E-state index contributed by atoms with van der Waals surface area (Å²) in [6.07, 6.45) is 8.54. The van der Waals surface area contributed by atoms with Gasteiger partial charge in [0.25, 0.3) is 0 Å². The zero-order chi connectivity index (χ0) is 10.7. The molecule has 1 saturated heterocycles. The highest BCUT2D eigenvalue weighted by molar-refractivity contribution is 4.88. The molecular weight excluding hydrogens is 184 g/mol. The van der Waals surface area contributed by atoms with Crippen LogP contribution in [0.2, 0.25) is 0 Å². The molecule has 15 heavy (non-hydrogen) atoms. The third-order valence-electron chi connectivity index (χ3n) is 4.57. The van der Waals surface area contributed by atoms with Gasteiger partial charge in [0.1, 0.15) is 0 Å². The number of nitrogens with zero attached hydrogens (tertiary/aromatic N) is 1. The van der Waals surface area contributed by atoms with Gasteiger partial charge in [0.05, 0.1) is 0 Å². The van der Waals surface area contributed by atoms with Gasteiger partial charge in [-0.1, -0.05) is 19.8 Å². The molecule has 1 heterocycles. The minimum atomic E-state index is 0.654. The summed E-state index contributed by atoms with van der Waals surface area (Å²) in [7, 11) is 2.23. The first-order valence-corrected chi connectivity index (χ1v) is 6.66. The molecule has 0 aromatic rings. The maximum atomic E-state index is 3.80. The second-order valence-electron chi connectivity index (χ2n) is 5.69. The van der Waals surface area contributed by atoms with Crippen LogP contribution in [0.4, 0.5) is 0 Å². The van der Waals surface area contributed by atoms with Crippen LogP contribution in [0.1, 0.15) is 45.4 Å². The molecule has 0 amide bonds. The van der Waals surface area contributed by atoms with Crippen molar-refractivity contribution in [1.29, 1.82) is 0 Å². The molecule has 1 unspecified atom stereocenters. The summed E-state index contributed by atoms with van der Waals surface area (Å²) in [6.45, 7) is 6.16. The normalized spacial score (nSPS) is 31.2. The lowest BCUT2D eigenvalue weighted by molar-refractivity contribution is 0.255. The third-order valence-corrected chi connectivity index (χ3v) is 4.57. The van der Waals surface area contributed by atoms with E-state index >= 15 is 0 Å². The number of hydrogen-bond donors (Lipinski definition) is 1. The van der Waals surface area contributed by atoms with Crippen molar-refractivity contribution in [2.24, 2.45) is 5.41 Å². The van der Waals surface area contributed by atoms with Crippen molar-refractivity contribution in [3.05, 3.63) is 0 Å². The zero-order valence-corrected chi connectivity index (χ0v) is 10.4. The van der Waals surface area contributed by atoms with Crippen LogP contribution in [0, 0.1) is 5.41 Å². The molecule has 0 spiro atoms. The lowest BCUT2D eigenvalue weighted by atomic mass is 9.83. The molecule has 2 nitrogen and oxygen atoms in total. The number of rotatable bonds is 4. The number of likely N-dealkylation sites (tertiary alicyclic amines) is 1. The summed E-state index contributed by atoms with van der Waals surface area (Å²) in [4.78, 5) is 2.44. The topological polar surface area (TPSA) is 15.3 Å². The summed E-state index contributed by atoms with van der Waals surface area (Å²) in [5.74, 6) is 0. The first kappa shape index (κ1) is 11.4. The van der Waals surface area contributed by atoms with Crippen molar-refractivity contribution in [1.82, 2.24) is 10.2 Å². The van der Waals surface area contributed by atoms with Crippen LogP contribution in [-0.2, 0) is 0 Å². The molecular formula is C13H26N2. The molecule has 2 rings (SSSR count). The van der Waals surface area contributed by atoms with Crippen LogP contribution in [0.25, 0.3) is 0 Å². The van der Waals surface area contributed by atoms with E-state index < -0.39 is 0 Å². The second-order valence-corrected chi connectivity index (χ2v) is 5.69. The van der Waals surface area contributed by atoms with Crippen molar-refractivity contribution in [2.75, 3.05) is 26.7 Å². The fourth-order valence-corrected chi connectivity index (χ4v) is 3.24. The Balaban J connectivity index is 1.76. The van der Waals surface area contributed by atoms with E-state index in [1.807, 2.05) is 0 Å². The molecule has 1 saturated carbocycles. The molecule has 1 atom stereocenters. The van der Waals surface area contributed by atoms with Gasteiger partial charge in [-0.15, -0.1) is 0 Å². The van der Waals surface area contributed by atoms with Crippen molar-refractivity contribution in [3.8, 4) is 0 Å². The Morgan fingerprint density at radius 2 is 2.07 bits per heavy atom. The molecule has 2 heteroatoms. The lowest BCUT2D eigenvalue weighted by Gasteiger charge is -2.29. The van der Waals surface area contributed by atoms with E-state index in [0.717, 1.165) is 6.04 Å². The largest absolute Gasteiger partial charge is 0.312 e.